The predicted molar refractivity (Wildman–Crippen MR) is 175 cm³/mol. The molecule has 0 heterocycles. The van der Waals surface area contributed by atoms with Gasteiger partial charge in [-0.1, -0.05) is 48.5 Å². The van der Waals surface area contributed by atoms with Crippen LogP contribution < -0.4 is 20.7 Å². The van der Waals surface area contributed by atoms with Crippen molar-refractivity contribution in [2.75, 3.05) is 11.9 Å². The second-order valence-electron chi connectivity index (χ2n) is 11.9. The summed E-state index contributed by atoms with van der Waals surface area (Å²) in [6.45, 7) is 4.45. The Morgan fingerprint density at radius 2 is 1.54 bits per heavy atom. The SMILES string of the molecule is Cc1cc(C)cc(NC(=O)Cc2ccc(OC3(C(=O)N[C@@H](CCCCNC(=O)OCc4ccccc4)C(=O)O)CCCC3)cc2)c1. The third-order valence-electron chi connectivity index (χ3n) is 7.94. The lowest BCUT2D eigenvalue weighted by molar-refractivity contribution is -0.146. The van der Waals surface area contributed by atoms with Crippen LogP contribution in [0.1, 0.15) is 67.2 Å². The molecule has 0 unspecified atom stereocenters. The second-order valence-corrected chi connectivity index (χ2v) is 11.9. The predicted octanol–water partition coefficient (Wildman–Crippen LogP) is 5.84. The van der Waals surface area contributed by atoms with Gasteiger partial charge in [0, 0.05) is 12.2 Å². The van der Waals surface area contributed by atoms with Gasteiger partial charge in [-0.15, -0.1) is 0 Å². The fourth-order valence-corrected chi connectivity index (χ4v) is 5.65. The fourth-order valence-electron chi connectivity index (χ4n) is 5.65. The first-order chi connectivity index (χ1) is 22.1. The summed E-state index contributed by atoms with van der Waals surface area (Å²) in [6, 6.07) is 21.2. The number of hydrogen-bond acceptors (Lipinski definition) is 6. The summed E-state index contributed by atoms with van der Waals surface area (Å²) in [7, 11) is 0. The van der Waals surface area contributed by atoms with Gasteiger partial charge in [0.1, 0.15) is 18.4 Å². The summed E-state index contributed by atoms with van der Waals surface area (Å²) in [4.78, 5) is 50.0. The Morgan fingerprint density at radius 1 is 0.870 bits per heavy atom. The molecule has 46 heavy (non-hydrogen) atoms. The maximum absolute atomic E-state index is 13.5. The lowest BCUT2D eigenvalue weighted by Crippen LogP contribution is -2.54. The third kappa shape index (κ3) is 10.4. The number of carbonyl (C=O) groups is 4. The number of carbonyl (C=O) groups excluding carboxylic acids is 3. The molecular formula is C36H43N3O7. The molecule has 1 aliphatic carbocycles. The zero-order chi connectivity index (χ0) is 32.9. The zero-order valence-corrected chi connectivity index (χ0v) is 26.5. The standard InChI is InChI=1S/C36H43N3O7/c1-25-20-26(2)22-29(21-25)38-32(40)23-27-13-15-30(16-14-27)46-36(17-7-8-18-36)34(43)39-31(33(41)42)12-6-9-19-37-35(44)45-24-28-10-4-3-5-11-28/h3-5,10-11,13-16,20-22,31H,6-9,12,17-19,23-24H2,1-2H3,(H,37,44)(H,38,40)(H,39,43)(H,41,42)/t31-/m0/s1. The first-order valence-corrected chi connectivity index (χ1v) is 15.8. The summed E-state index contributed by atoms with van der Waals surface area (Å²) in [5.41, 5.74) is 3.41. The molecule has 1 fully saturated rings. The molecular weight excluding hydrogens is 586 g/mol. The maximum Gasteiger partial charge on any atom is 0.407 e. The highest BCUT2D eigenvalue weighted by Gasteiger charge is 2.45. The van der Waals surface area contributed by atoms with Crippen LogP contribution in [0.25, 0.3) is 0 Å². The van der Waals surface area contributed by atoms with Crippen molar-refractivity contribution in [2.24, 2.45) is 0 Å². The number of anilines is 1. The summed E-state index contributed by atoms with van der Waals surface area (Å²) in [6.07, 6.45) is 3.36. The summed E-state index contributed by atoms with van der Waals surface area (Å²) < 4.78 is 11.4. The highest BCUT2D eigenvalue weighted by Crippen LogP contribution is 2.35. The number of carboxylic acid groups (broad SMARTS) is 1. The van der Waals surface area contributed by atoms with Gasteiger partial charge in [0.25, 0.3) is 5.91 Å². The molecule has 3 aromatic carbocycles. The van der Waals surface area contributed by atoms with E-state index in [0.29, 0.717) is 38.0 Å². The minimum Gasteiger partial charge on any atom is -0.480 e. The van der Waals surface area contributed by atoms with E-state index in [1.807, 2.05) is 62.4 Å². The average molecular weight is 630 g/mol. The number of aryl methyl sites for hydroxylation is 2. The largest absolute Gasteiger partial charge is 0.480 e. The minimum absolute atomic E-state index is 0.135. The van der Waals surface area contributed by atoms with E-state index in [2.05, 4.69) is 16.0 Å². The number of amides is 3. The summed E-state index contributed by atoms with van der Waals surface area (Å²) in [5, 5.41) is 18.1. The highest BCUT2D eigenvalue weighted by molar-refractivity contribution is 5.92. The summed E-state index contributed by atoms with van der Waals surface area (Å²) in [5.74, 6) is -1.23. The number of unbranched alkanes of at least 4 members (excludes halogenated alkanes) is 1. The van der Waals surface area contributed by atoms with Crippen molar-refractivity contribution in [3.05, 3.63) is 95.1 Å². The Labute approximate surface area is 269 Å². The van der Waals surface area contributed by atoms with Crippen molar-refractivity contribution in [1.29, 1.82) is 0 Å². The van der Waals surface area contributed by atoms with E-state index in [4.69, 9.17) is 9.47 Å². The number of rotatable bonds is 15. The van der Waals surface area contributed by atoms with Crippen LogP contribution in [0.4, 0.5) is 10.5 Å². The van der Waals surface area contributed by atoms with E-state index in [1.165, 1.54) is 0 Å². The lowest BCUT2D eigenvalue weighted by atomic mass is 9.99. The molecule has 3 aromatic rings. The van der Waals surface area contributed by atoms with Crippen molar-refractivity contribution in [2.45, 2.75) is 83.5 Å². The van der Waals surface area contributed by atoms with Crippen molar-refractivity contribution >= 4 is 29.6 Å². The zero-order valence-electron chi connectivity index (χ0n) is 26.5. The number of hydrogen-bond donors (Lipinski definition) is 4. The van der Waals surface area contributed by atoms with E-state index >= 15 is 0 Å². The monoisotopic (exact) mass is 629 g/mol. The maximum atomic E-state index is 13.5. The smallest absolute Gasteiger partial charge is 0.407 e. The van der Waals surface area contributed by atoms with Gasteiger partial charge < -0.3 is 30.5 Å². The van der Waals surface area contributed by atoms with Gasteiger partial charge in [-0.3, -0.25) is 9.59 Å². The molecule has 1 saturated carbocycles. The van der Waals surface area contributed by atoms with Crippen LogP contribution in [0.3, 0.4) is 0 Å². The molecule has 1 aliphatic rings. The number of ether oxygens (including phenoxy) is 2. The lowest BCUT2D eigenvalue weighted by Gasteiger charge is -2.30. The Kier molecular flexibility index (Phi) is 12.2. The van der Waals surface area contributed by atoms with Crippen LogP contribution in [-0.4, -0.2) is 47.2 Å². The highest BCUT2D eigenvalue weighted by atomic mass is 16.5. The van der Waals surface area contributed by atoms with Crippen LogP contribution in [-0.2, 0) is 32.1 Å². The van der Waals surface area contributed by atoms with E-state index < -0.39 is 29.6 Å². The third-order valence-corrected chi connectivity index (χ3v) is 7.94. The van der Waals surface area contributed by atoms with Gasteiger partial charge in [-0.05, 0) is 105 Å². The normalized spacial score (nSPS) is 14.1. The molecule has 4 N–H and O–H groups in total. The van der Waals surface area contributed by atoms with Gasteiger partial charge in [-0.25, -0.2) is 9.59 Å². The number of nitrogens with one attached hydrogen (secondary N) is 3. The first kappa shape index (κ1) is 34.0. The Bertz CT molecular complexity index is 1460. The molecule has 4 rings (SSSR count). The van der Waals surface area contributed by atoms with Crippen molar-refractivity contribution in [3.63, 3.8) is 0 Å². The van der Waals surface area contributed by atoms with Crippen LogP contribution in [0.2, 0.25) is 0 Å². The van der Waals surface area contributed by atoms with E-state index in [0.717, 1.165) is 40.8 Å². The van der Waals surface area contributed by atoms with Crippen molar-refractivity contribution in [3.8, 4) is 5.75 Å². The first-order valence-electron chi connectivity index (χ1n) is 15.8. The van der Waals surface area contributed by atoms with Gasteiger partial charge in [0.05, 0.1) is 6.42 Å². The summed E-state index contributed by atoms with van der Waals surface area (Å²) >= 11 is 0. The van der Waals surface area contributed by atoms with Gasteiger partial charge in [0.2, 0.25) is 5.91 Å². The molecule has 0 spiro atoms. The topological polar surface area (TPSA) is 143 Å². The molecule has 0 radical (unpaired) electrons. The molecule has 1 atom stereocenters. The van der Waals surface area contributed by atoms with Crippen molar-refractivity contribution < 1.29 is 33.8 Å². The molecule has 0 bridgehead atoms. The van der Waals surface area contributed by atoms with Gasteiger partial charge >= 0.3 is 12.1 Å². The minimum atomic E-state index is -1.17. The second kappa shape index (κ2) is 16.5. The van der Waals surface area contributed by atoms with Crippen LogP contribution in [0, 0.1) is 13.8 Å². The molecule has 3 amide bonds. The van der Waals surface area contributed by atoms with Gasteiger partial charge in [-0.2, -0.15) is 0 Å². The molecule has 10 heteroatoms. The van der Waals surface area contributed by atoms with E-state index in [-0.39, 0.29) is 25.4 Å². The van der Waals surface area contributed by atoms with Crippen LogP contribution in [0.15, 0.2) is 72.8 Å². The molecule has 10 nitrogen and oxygen atoms in total. The molecule has 0 saturated heterocycles. The van der Waals surface area contributed by atoms with Crippen LogP contribution >= 0.6 is 0 Å². The Morgan fingerprint density at radius 3 is 2.20 bits per heavy atom. The molecule has 0 aromatic heterocycles. The number of carboxylic acids is 1. The Balaban J connectivity index is 1.24. The molecule has 0 aliphatic heterocycles. The van der Waals surface area contributed by atoms with Crippen LogP contribution in [0.5, 0.6) is 5.75 Å². The average Bonchev–Trinajstić information content (AvgIpc) is 3.50. The quantitative estimate of drug-likeness (QED) is 0.155. The fraction of sp³-hybridized carbons (Fsp3) is 0.389. The number of alkyl carbamates (subject to hydrolysis) is 1. The molecule has 244 valence electrons. The van der Waals surface area contributed by atoms with Gasteiger partial charge in [0.15, 0.2) is 5.60 Å². The van der Waals surface area contributed by atoms with E-state index in [1.54, 1.807) is 24.3 Å². The number of aliphatic carboxylic acids is 1. The van der Waals surface area contributed by atoms with E-state index in [9.17, 15) is 24.3 Å². The Hall–Kier alpha value is -4.86. The van der Waals surface area contributed by atoms with Crippen molar-refractivity contribution in [1.82, 2.24) is 10.6 Å². The number of benzene rings is 3.